The molecule has 0 N–H and O–H groups in total. The summed E-state index contributed by atoms with van der Waals surface area (Å²) in [7, 11) is 0. The van der Waals surface area contributed by atoms with Crippen molar-refractivity contribution >= 4 is 27.6 Å². The van der Waals surface area contributed by atoms with E-state index in [0.717, 1.165) is 27.1 Å². The molecule has 98 valence electrons. The highest BCUT2D eigenvalue weighted by Crippen LogP contribution is 2.30. The zero-order valence-corrected chi connectivity index (χ0v) is 11.0. The van der Waals surface area contributed by atoms with Gasteiger partial charge in [0.1, 0.15) is 0 Å². The molecule has 0 saturated heterocycles. The van der Waals surface area contributed by atoms with Gasteiger partial charge in [-0.15, -0.1) is 0 Å². The van der Waals surface area contributed by atoms with Gasteiger partial charge in [0, 0.05) is 13.0 Å². The highest BCUT2D eigenvalue weighted by molar-refractivity contribution is 6.06. The number of nitrogens with zero attached hydrogens (tertiary/aromatic N) is 1. The molecule has 3 rings (SSSR count). The third-order valence-electron chi connectivity index (χ3n) is 3.45. The Hall–Kier alpha value is -2.68. The van der Waals surface area contributed by atoms with Crippen molar-refractivity contribution in [3.05, 3.63) is 76.0 Å². The monoisotopic (exact) mass is 263 g/mol. The highest BCUT2D eigenvalue weighted by Gasteiger charge is 2.09. The highest BCUT2D eigenvalue weighted by atomic mass is 16.6. The van der Waals surface area contributed by atoms with Crippen LogP contribution in [-0.4, -0.2) is 4.92 Å². The molecule has 0 fully saturated rings. The van der Waals surface area contributed by atoms with Gasteiger partial charge in [0.2, 0.25) is 5.70 Å². The zero-order valence-electron chi connectivity index (χ0n) is 11.0. The fourth-order valence-corrected chi connectivity index (χ4v) is 2.47. The predicted molar refractivity (Wildman–Crippen MR) is 82.1 cm³/mol. The summed E-state index contributed by atoms with van der Waals surface area (Å²) in [5.41, 5.74) is 1.06. The molecule has 0 atom stereocenters. The lowest BCUT2D eigenvalue weighted by Crippen LogP contribution is -1.94. The molecule has 0 aliphatic carbocycles. The Labute approximate surface area is 116 Å². The van der Waals surface area contributed by atoms with Gasteiger partial charge in [-0.25, -0.2) is 0 Å². The van der Waals surface area contributed by atoms with E-state index >= 15 is 0 Å². The minimum Gasteiger partial charge on any atom is -0.259 e. The lowest BCUT2D eigenvalue weighted by atomic mass is 9.96. The SMILES string of the molecule is C/C(=C\c1c2ccccc2cc2ccccc12)[N+](=O)[O-]. The van der Waals surface area contributed by atoms with E-state index in [-0.39, 0.29) is 10.6 Å². The van der Waals surface area contributed by atoms with Gasteiger partial charge >= 0.3 is 0 Å². The van der Waals surface area contributed by atoms with Gasteiger partial charge in [0.15, 0.2) is 0 Å². The summed E-state index contributed by atoms with van der Waals surface area (Å²) < 4.78 is 0. The van der Waals surface area contributed by atoms with Gasteiger partial charge in [-0.05, 0) is 33.2 Å². The molecule has 0 aliphatic heterocycles. The Morgan fingerprint density at radius 2 is 1.50 bits per heavy atom. The number of hydrogen-bond acceptors (Lipinski definition) is 2. The normalized spacial score (nSPS) is 11.9. The summed E-state index contributed by atoms with van der Waals surface area (Å²) in [5, 5.41) is 15.2. The van der Waals surface area contributed by atoms with Gasteiger partial charge in [0.05, 0.1) is 4.92 Å². The Morgan fingerprint density at radius 3 is 2.00 bits per heavy atom. The summed E-state index contributed by atoms with van der Waals surface area (Å²) in [4.78, 5) is 10.6. The predicted octanol–water partition coefficient (Wildman–Crippen LogP) is 4.63. The van der Waals surface area contributed by atoms with E-state index in [4.69, 9.17) is 0 Å². The molecule has 0 spiro atoms. The maximum absolute atomic E-state index is 10.9. The molecule has 3 heteroatoms. The average molecular weight is 263 g/mol. The number of rotatable bonds is 2. The molecule has 0 amide bonds. The molecular weight excluding hydrogens is 250 g/mol. The molecular formula is C17H13NO2. The second-order valence-corrected chi connectivity index (χ2v) is 4.78. The van der Waals surface area contributed by atoms with Crippen LogP contribution in [0.4, 0.5) is 0 Å². The van der Waals surface area contributed by atoms with Crippen LogP contribution in [0.2, 0.25) is 0 Å². The van der Waals surface area contributed by atoms with Crippen molar-refractivity contribution in [2.75, 3.05) is 0 Å². The number of fused-ring (bicyclic) bond motifs is 2. The fraction of sp³-hybridized carbons (Fsp3) is 0.0588. The van der Waals surface area contributed by atoms with Gasteiger partial charge in [-0.1, -0.05) is 48.5 Å². The maximum atomic E-state index is 10.9. The Morgan fingerprint density at radius 1 is 1.00 bits per heavy atom. The van der Waals surface area contributed by atoms with Crippen LogP contribution in [0.3, 0.4) is 0 Å². The Balaban J connectivity index is 2.45. The average Bonchev–Trinajstić information content (AvgIpc) is 2.46. The molecule has 3 aromatic carbocycles. The van der Waals surface area contributed by atoms with Crippen LogP contribution in [0, 0.1) is 10.1 Å². The molecule has 0 radical (unpaired) electrons. The smallest absolute Gasteiger partial charge is 0.243 e. The van der Waals surface area contributed by atoms with E-state index in [0.29, 0.717) is 0 Å². The van der Waals surface area contributed by atoms with E-state index < -0.39 is 0 Å². The first-order chi connectivity index (χ1) is 9.66. The van der Waals surface area contributed by atoms with E-state index in [1.165, 1.54) is 6.92 Å². The van der Waals surface area contributed by atoms with Crippen molar-refractivity contribution in [1.82, 2.24) is 0 Å². The van der Waals surface area contributed by atoms with Crippen molar-refractivity contribution in [2.45, 2.75) is 6.92 Å². The maximum Gasteiger partial charge on any atom is 0.243 e. The van der Waals surface area contributed by atoms with Crippen LogP contribution < -0.4 is 0 Å². The molecule has 0 heterocycles. The van der Waals surface area contributed by atoms with Crippen molar-refractivity contribution in [3.63, 3.8) is 0 Å². The summed E-state index contributed by atoms with van der Waals surface area (Å²) in [6.07, 6.45) is 1.66. The number of allylic oxidation sites excluding steroid dienone is 1. The molecule has 0 aliphatic rings. The first-order valence-electron chi connectivity index (χ1n) is 6.40. The van der Waals surface area contributed by atoms with Crippen LogP contribution in [0.15, 0.2) is 60.3 Å². The first kappa shape index (κ1) is 12.4. The van der Waals surface area contributed by atoms with Crippen LogP contribution >= 0.6 is 0 Å². The van der Waals surface area contributed by atoms with Gasteiger partial charge in [-0.2, -0.15) is 0 Å². The summed E-state index contributed by atoms with van der Waals surface area (Å²) in [6, 6.07) is 18.0. The van der Waals surface area contributed by atoms with Crippen molar-refractivity contribution < 1.29 is 4.92 Å². The van der Waals surface area contributed by atoms with E-state index in [1.54, 1.807) is 6.08 Å². The van der Waals surface area contributed by atoms with Crippen molar-refractivity contribution in [3.8, 4) is 0 Å². The van der Waals surface area contributed by atoms with Gasteiger partial charge < -0.3 is 0 Å². The molecule has 0 unspecified atom stereocenters. The number of hydrogen-bond donors (Lipinski definition) is 0. The molecule has 3 nitrogen and oxygen atoms in total. The lowest BCUT2D eigenvalue weighted by Gasteiger charge is -2.08. The Bertz CT molecular complexity index is 796. The number of benzene rings is 3. The molecule has 0 bridgehead atoms. The van der Waals surface area contributed by atoms with Crippen molar-refractivity contribution in [1.29, 1.82) is 0 Å². The third kappa shape index (κ3) is 2.03. The standard InChI is InChI=1S/C17H13NO2/c1-12(18(19)20)10-17-15-8-4-2-6-13(15)11-14-7-3-5-9-16(14)17/h2-11H,1H3/b12-10+. The van der Waals surface area contributed by atoms with E-state index in [1.807, 2.05) is 48.5 Å². The van der Waals surface area contributed by atoms with Crippen LogP contribution in [0.25, 0.3) is 27.6 Å². The van der Waals surface area contributed by atoms with E-state index in [9.17, 15) is 10.1 Å². The van der Waals surface area contributed by atoms with Crippen LogP contribution in [0.1, 0.15) is 12.5 Å². The van der Waals surface area contributed by atoms with Crippen LogP contribution in [-0.2, 0) is 0 Å². The quantitative estimate of drug-likeness (QED) is 0.384. The summed E-state index contributed by atoms with van der Waals surface area (Å²) >= 11 is 0. The first-order valence-corrected chi connectivity index (χ1v) is 6.40. The summed E-state index contributed by atoms with van der Waals surface area (Å²) in [6.45, 7) is 1.52. The Kier molecular flexibility index (Phi) is 2.95. The van der Waals surface area contributed by atoms with Gasteiger partial charge in [-0.3, -0.25) is 10.1 Å². The second-order valence-electron chi connectivity index (χ2n) is 4.78. The second kappa shape index (κ2) is 4.78. The molecule has 3 aromatic rings. The zero-order chi connectivity index (χ0) is 14.1. The third-order valence-corrected chi connectivity index (χ3v) is 3.45. The number of nitro groups is 1. The van der Waals surface area contributed by atoms with Crippen LogP contribution in [0.5, 0.6) is 0 Å². The molecule has 0 aromatic heterocycles. The minimum absolute atomic E-state index is 0.145. The fourth-order valence-electron chi connectivity index (χ4n) is 2.47. The lowest BCUT2D eigenvalue weighted by molar-refractivity contribution is -0.422. The van der Waals surface area contributed by atoms with E-state index in [2.05, 4.69) is 6.07 Å². The summed E-state index contributed by atoms with van der Waals surface area (Å²) in [5.74, 6) is 0. The minimum atomic E-state index is -0.351. The van der Waals surface area contributed by atoms with Crippen molar-refractivity contribution in [2.24, 2.45) is 0 Å². The van der Waals surface area contributed by atoms with Gasteiger partial charge in [0.25, 0.3) is 0 Å². The largest absolute Gasteiger partial charge is 0.259 e. The molecule has 20 heavy (non-hydrogen) atoms. The topological polar surface area (TPSA) is 43.1 Å². The molecule has 0 saturated carbocycles.